The summed E-state index contributed by atoms with van der Waals surface area (Å²) in [5.41, 5.74) is -0.654. The van der Waals surface area contributed by atoms with E-state index in [4.69, 9.17) is 0 Å². The van der Waals surface area contributed by atoms with E-state index in [9.17, 15) is 19.5 Å². The second kappa shape index (κ2) is 7.38. The Morgan fingerprint density at radius 1 is 1.12 bits per heavy atom. The highest BCUT2D eigenvalue weighted by Gasteiger charge is 2.24. The van der Waals surface area contributed by atoms with Gasteiger partial charge in [-0.2, -0.15) is 0 Å². The molecule has 0 bridgehead atoms. The summed E-state index contributed by atoms with van der Waals surface area (Å²) >= 11 is 0. The zero-order valence-electron chi connectivity index (χ0n) is 14.8. The number of para-hydroxylation sites is 1. The van der Waals surface area contributed by atoms with E-state index in [1.165, 1.54) is 19.2 Å². The van der Waals surface area contributed by atoms with Crippen molar-refractivity contribution in [2.75, 3.05) is 17.7 Å². The number of phenols is 1. The van der Waals surface area contributed by atoms with E-state index >= 15 is 0 Å². The van der Waals surface area contributed by atoms with Gasteiger partial charge >= 0.3 is 0 Å². The van der Waals surface area contributed by atoms with Crippen LogP contribution in [0, 0.1) is 5.92 Å². The Hall–Kier alpha value is -2.83. The van der Waals surface area contributed by atoms with Crippen LogP contribution in [0.3, 0.4) is 0 Å². The highest BCUT2D eigenvalue weighted by molar-refractivity contribution is 5.99. The van der Waals surface area contributed by atoms with Gasteiger partial charge in [0.2, 0.25) is 0 Å². The maximum absolute atomic E-state index is 11.9. The smallest absolute Gasteiger partial charge is 0.254 e. The third-order valence-electron chi connectivity index (χ3n) is 3.89. The minimum Gasteiger partial charge on any atom is -0.505 e. The number of benzene rings is 1. The zero-order valence-corrected chi connectivity index (χ0v) is 14.8. The van der Waals surface area contributed by atoms with Crippen LogP contribution in [0.15, 0.2) is 27.8 Å². The number of hydrogen-bond acceptors (Lipinski definition) is 6. The monoisotopic (exact) mass is 345 g/mol. The van der Waals surface area contributed by atoms with Gasteiger partial charge in [0.1, 0.15) is 11.4 Å². The Morgan fingerprint density at radius 3 is 2.36 bits per heavy atom. The lowest BCUT2D eigenvalue weighted by atomic mass is 10.0. The predicted molar refractivity (Wildman–Crippen MR) is 98.7 cm³/mol. The van der Waals surface area contributed by atoms with Crippen LogP contribution in [0.2, 0.25) is 0 Å². The average Bonchev–Trinajstić information content (AvgIpc) is 2.57. The van der Waals surface area contributed by atoms with Crippen molar-refractivity contribution >= 4 is 23.0 Å². The number of phenolic OH excluding ortho intramolecular Hbond substituents is 1. The molecule has 0 spiro atoms. The topological polar surface area (TPSA) is 108 Å². The first kappa shape index (κ1) is 18.5. The van der Waals surface area contributed by atoms with Gasteiger partial charge in [0.25, 0.3) is 16.8 Å². The molecule has 2 aromatic rings. The quantitative estimate of drug-likeness (QED) is 0.451. The summed E-state index contributed by atoms with van der Waals surface area (Å²) in [7, 11) is 1.46. The molecule has 0 aliphatic rings. The fourth-order valence-corrected chi connectivity index (χ4v) is 2.76. The normalized spacial score (nSPS) is 12.2. The zero-order chi connectivity index (χ0) is 18.7. The van der Waals surface area contributed by atoms with Crippen molar-refractivity contribution in [1.29, 1.82) is 0 Å². The van der Waals surface area contributed by atoms with Gasteiger partial charge in [0.05, 0.1) is 11.3 Å². The number of hydrogen-bond donors (Lipinski definition) is 4. The van der Waals surface area contributed by atoms with Crippen LogP contribution in [0.25, 0.3) is 0 Å². The SMILES string of the molecule is CNC(=O)c1cccc(Nc2c(NC(C)CC(C)C)c(=O)c2=O)c1O. The second-order valence-corrected chi connectivity index (χ2v) is 6.49. The Balaban J connectivity index is 2.28. The molecule has 0 aliphatic heterocycles. The molecule has 1 atom stereocenters. The molecule has 1 amide bonds. The number of aromatic hydroxyl groups is 1. The van der Waals surface area contributed by atoms with Gasteiger partial charge in [-0.3, -0.25) is 14.4 Å². The van der Waals surface area contributed by atoms with Gasteiger partial charge < -0.3 is 21.1 Å². The molecule has 0 heterocycles. The van der Waals surface area contributed by atoms with E-state index in [1.807, 2.05) is 6.92 Å². The van der Waals surface area contributed by atoms with Crippen LogP contribution in [-0.4, -0.2) is 24.1 Å². The molecule has 0 saturated carbocycles. The van der Waals surface area contributed by atoms with E-state index in [-0.39, 0.29) is 34.4 Å². The van der Waals surface area contributed by atoms with Crippen LogP contribution >= 0.6 is 0 Å². The maximum Gasteiger partial charge on any atom is 0.254 e. The van der Waals surface area contributed by atoms with Crippen molar-refractivity contribution in [2.24, 2.45) is 5.92 Å². The molecule has 0 saturated heterocycles. The van der Waals surface area contributed by atoms with Gasteiger partial charge in [0.15, 0.2) is 5.75 Å². The Morgan fingerprint density at radius 2 is 1.76 bits per heavy atom. The summed E-state index contributed by atoms with van der Waals surface area (Å²) in [6, 6.07) is 4.59. The standard InChI is InChI=1S/C18H23N3O4/c1-9(2)8-10(3)20-13-14(17(24)16(13)23)21-12-7-5-6-11(15(12)22)18(25)19-4/h5-7,9-10,20-22H,8H2,1-4H3,(H,19,25). The van der Waals surface area contributed by atoms with Crippen molar-refractivity contribution in [3.63, 3.8) is 0 Å². The fraction of sp³-hybridized carbons (Fsp3) is 0.389. The second-order valence-electron chi connectivity index (χ2n) is 6.49. The van der Waals surface area contributed by atoms with Crippen molar-refractivity contribution < 1.29 is 9.90 Å². The van der Waals surface area contributed by atoms with Crippen LogP contribution in [0.5, 0.6) is 5.75 Å². The maximum atomic E-state index is 11.9. The number of rotatable bonds is 7. The Labute approximate surface area is 145 Å². The first-order valence-corrected chi connectivity index (χ1v) is 8.17. The highest BCUT2D eigenvalue weighted by Crippen LogP contribution is 2.31. The number of carbonyl (C=O) groups is 1. The Kier molecular flexibility index (Phi) is 5.46. The van der Waals surface area contributed by atoms with Crippen LogP contribution < -0.4 is 26.8 Å². The van der Waals surface area contributed by atoms with Crippen molar-refractivity contribution in [3.05, 3.63) is 44.2 Å². The molecular formula is C18H23N3O4. The summed E-state index contributed by atoms with van der Waals surface area (Å²) in [4.78, 5) is 35.5. The van der Waals surface area contributed by atoms with Gasteiger partial charge in [-0.15, -0.1) is 0 Å². The van der Waals surface area contributed by atoms with Gasteiger partial charge in [0, 0.05) is 13.1 Å². The number of carbonyl (C=O) groups excluding carboxylic acids is 1. The lowest BCUT2D eigenvalue weighted by Crippen LogP contribution is -2.38. The third kappa shape index (κ3) is 3.81. The third-order valence-corrected chi connectivity index (χ3v) is 3.89. The van der Waals surface area contributed by atoms with Crippen molar-refractivity contribution in [1.82, 2.24) is 5.32 Å². The van der Waals surface area contributed by atoms with Crippen molar-refractivity contribution in [3.8, 4) is 5.75 Å². The first-order chi connectivity index (χ1) is 11.8. The summed E-state index contributed by atoms with van der Waals surface area (Å²) in [5.74, 6) is -0.287. The number of anilines is 3. The molecule has 134 valence electrons. The largest absolute Gasteiger partial charge is 0.505 e. The summed E-state index contributed by atoms with van der Waals surface area (Å²) in [5, 5.41) is 18.5. The molecule has 7 nitrogen and oxygen atoms in total. The molecule has 0 radical (unpaired) electrons. The molecule has 25 heavy (non-hydrogen) atoms. The van der Waals surface area contributed by atoms with Crippen LogP contribution in [0.4, 0.5) is 17.1 Å². The molecule has 7 heteroatoms. The van der Waals surface area contributed by atoms with Crippen LogP contribution in [0.1, 0.15) is 37.6 Å². The summed E-state index contributed by atoms with van der Waals surface area (Å²) < 4.78 is 0. The first-order valence-electron chi connectivity index (χ1n) is 8.17. The number of amides is 1. The molecule has 2 aromatic carbocycles. The van der Waals surface area contributed by atoms with Gasteiger partial charge in [-0.1, -0.05) is 19.9 Å². The van der Waals surface area contributed by atoms with E-state index in [0.29, 0.717) is 5.92 Å². The Bertz CT molecular complexity index is 851. The minimum absolute atomic E-state index is 0.0228. The number of nitrogens with one attached hydrogen (secondary N) is 3. The molecule has 2 rings (SSSR count). The molecule has 0 aliphatic carbocycles. The van der Waals surface area contributed by atoms with E-state index in [0.717, 1.165) is 6.42 Å². The van der Waals surface area contributed by atoms with Crippen LogP contribution in [-0.2, 0) is 0 Å². The van der Waals surface area contributed by atoms with Crippen molar-refractivity contribution in [2.45, 2.75) is 33.2 Å². The molecular weight excluding hydrogens is 322 g/mol. The van der Waals surface area contributed by atoms with E-state index in [1.54, 1.807) is 6.07 Å². The minimum atomic E-state index is -0.649. The van der Waals surface area contributed by atoms with E-state index in [2.05, 4.69) is 29.8 Å². The van der Waals surface area contributed by atoms with E-state index < -0.39 is 16.8 Å². The lowest BCUT2D eigenvalue weighted by molar-refractivity contribution is 0.0960. The lowest BCUT2D eigenvalue weighted by Gasteiger charge is -2.21. The molecule has 0 aromatic heterocycles. The highest BCUT2D eigenvalue weighted by atomic mass is 16.3. The average molecular weight is 345 g/mol. The predicted octanol–water partition coefficient (Wildman–Crippen LogP) is 1.94. The summed E-state index contributed by atoms with van der Waals surface area (Å²) in [6.45, 7) is 6.08. The van der Waals surface area contributed by atoms with Gasteiger partial charge in [-0.25, -0.2) is 0 Å². The van der Waals surface area contributed by atoms with Gasteiger partial charge in [-0.05, 0) is 31.4 Å². The fourth-order valence-electron chi connectivity index (χ4n) is 2.76. The molecule has 1 unspecified atom stereocenters. The summed E-state index contributed by atoms with van der Waals surface area (Å²) in [6.07, 6.45) is 0.843. The molecule has 4 N–H and O–H groups in total. The molecule has 0 fully saturated rings.